The summed E-state index contributed by atoms with van der Waals surface area (Å²) in [5, 5.41) is 1.51. The van der Waals surface area contributed by atoms with Gasteiger partial charge in [0.15, 0.2) is 0 Å². The van der Waals surface area contributed by atoms with Crippen molar-refractivity contribution in [2.75, 3.05) is 7.11 Å². The standard InChI is InChI=1S/C25H24ClNO5/c1-25(2,3)32-24(29)27-20-8-6-5-7-18(20)22-19(15-9-11-16(26)12-10-15)13-17(31-23(22)27)14-21(28)30-4/h5-12,14,19H,13H2,1-4H3/b17-14-. The van der Waals surface area contributed by atoms with Crippen LogP contribution in [0.4, 0.5) is 4.79 Å². The van der Waals surface area contributed by atoms with Crippen molar-refractivity contribution in [2.45, 2.75) is 38.7 Å². The van der Waals surface area contributed by atoms with Crippen molar-refractivity contribution in [3.05, 3.63) is 76.5 Å². The van der Waals surface area contributed by atoms with Crippen LogP contribution >= 0.6 is 11.6 Å². The number of rotatable bonds is 2. The summed E-state index contributed by atoms with van der Waals surface area (Å²) in [5.41, 5.74) is 1.83. The van der Waals surface area contributed by atoms with Gasteiger partial charge in [0, 0.05) is 28.3 Å². The highest BCUT2D eigenvalue weighted by molar-refractivity contribution is 6.30. The van der Waals surface area contributed by atoms with E-state index in [1.165, 1.54) is 17.8 Å². The molecule has 0 bridgehead atoms. The van der Waals surface area contributed by atoms with Gasteiger partial charge in [-0.2, -0.15) is 0 Å². The van der Waals surface area contributed by atoms with Gasteiger partial charge in [0.1, 0.15) is 11.4 Å². The third-order valence-corrected chi connectivity index (χ3v) is 5.43. The molecule has 1 aliphatic heterocycles. The maximum absolute atomic E-state index is 13.2. The Morgan fingerprint density at radius 3 is 2.47 bits per heavy atom. The highest BCUT2D eigenvalue weighted by atomic mass is 35.5. The molecule has 2 aromatic carbocycles. The third-order valence-electron chi connectivity index (χ3n) is 5.18. The number of para-hydroxylation sites is 1. The van der Waals surface area contributed by atoms with Gasteiger partial charge >= 0.3 is 12.1 Å². The first-order valence-corrected chi connectivity index (χ1v) is 10.6. The van der Waals surface area contributed by atoms with Crippen molar-refractivity contribution in [2.24, 2.45) is 0 Å². The van der Waals surface area contributed by atoms with Crippen LogP contribution in [0, 0.1) is 0 Å². The summed E-state index contributed by atoms with van der Waals surface area (Å²) in [6.45, 7) is 5.43. The fraction of sp³-hybridized carbons (Fsp3) is 0.280. The predicted molar refractivity (Wildman–Crippen MR) is 122 cm³/mol. The van der Waals surface area contributed by atoms with Crippen molar-refractivity contribution in [1.82, 2.24) is 4.57 Å². The molecule has 3 aromatic rings. The summed E-state index contributed by atoms with van der Waals surface area (Å²) >= 11 is 6.11. The lowest BCUT2D eigenvalue weighted by Crippen LogP contribution is -2.28. The molecule has 1 aromatic heterocycles. The number of benzene rings is 2. The molecule has 4 rings (SSSR count). The Morgan fingerprint density at radius 1 is 1.12 bits per heavy atom. The highest BCUT2D eigenvalue weighted by Crippen LogP contribution is 2.47. The molecule has 1 atom stereocenters. The van der Waals surface area contributed by atoms with E-state index < -0.39 is 17.7 Å². The van der Waals surface area contributed by atoms with Crippen molar-refractivity contribution in [1.29, 1.82) is 0 Å². The number of nitrogens with zero attached hydrogens (tertiary/aromatic N) is 1. The number of aromatic nitrogens is 1. The minimum absolute atomic E-state index is 0.166. The Hall–Kier alpha value is -3.25. The van der Waals surface area contributed by atoms with Gasteiger partial charge in [-0.25, -0.2) is 14.2 Å². The molecule has 0 saturated heterocycles. The number of hydrogen-bond acceptors (Lipinski definition) is 5. The zero-order chi connectivity index (χ0) is 23.0. The fourth-order valence-corrected chi connectivity index (χ4v) is 4.02. The SMILES string of the molecule is COC(=O)/C=C1/CC(c2ccc(Cl)cc2)c2c(n(C(=O)OC(C)(C)C)c3ccccc23)O1. The Bertz CT molecular complexity index is 1220. The zero-order valence-electron chi connectivity index (χ0n) is 18.3. The van der Waals surface area contributed by atoms with Crippen LogP contribution in [0.3, 0.4) is 0 Å². The van der Waals surface area contributed by atoms with Gasteiger partial charge in [0.05, 0.1) is 18.7 Å². The first-order valence-electron chi connectivity index (χ1n) is 10.3. The molecule has 32 heavy (non-hydrogen) atoms. The molecule has 0 fully saturated rings. The zero-order valence-corrected chi connectivity index (χ0v) is 19.1. The average Bonchev–Trinajstić information content (AvgIpc) is 3.06. The summed E-state index contributed by atoms with van der Waals surface area (Å²) in [7, 11) is 1.31. The molecular weight excluding hydrogens is 430 g/mol. The number of methoxy groups -OCH3 is 1. The van der Waals surface area contributed by atoms with Crippen LogP contribution < -0.4 is 4.74 Å². The minimum Gasteiger partial charge on any atom is -0.466 e. The number of carbonyl (C=O) groups excluding carboxylic acids is 2. The van der Waals surface area contributed by atoms with Crippen LogP contribution in [-0.2, 0) is 14.3 Å². The van der Waals surface area contributed by atoms with Crippen LogP contribution in [-0.4, -0.2) is 29.3 Å². The van der Waals surface area contributed by atoms with E-state index in [4.69, 9.17) is 25.8 Å². The monoisotopic (exact) mass is 453 g/mol. The molecule has 0 aliphatic carbocycles. The molecule has 0 radical (unpaired) electrons. The molecule has 1 unspecified atom stereocenters. The van der Waals surface area contributed by atoms with Gasteiger partial charge in [-0.1, -0.05) is 41.9 Å². The second-order valence-corrected chi connectivity index (χ2v) is 9.03. The molecule has 1 aliphatic rings. The molecule has 0 spiro atoms. The van der Waals surface area contributed by atoms with Crippen molar-refractivity contribution in [3.8, 4) is 5.88 Å². The van der Waals surface area contributed by atoms with E-state index in [1.807, 2.05) is 69.3 Å². The number of carbonyl (C=O) groups is 2. The molecular formula is C25H24ClNO5. The van der Waals surface area contributed by atoms with E-state index in [-0.39, 0.29) is 5.92 Å². The summed E-state index contributed by atoms with van der Waals surface area (Å²) in [4.78, 5) is 25.2. The summed E-state index contributed by atoms with van der Waals surface area (Å²) in [6.07, 6.45) is 1.18. The molecule has 7 heteroatoms. The molecule has 0 saturated carbocycles. The maximum atomic E-state index is 13.2. The smallest absolute Gasteiger partial charge is 0.421 e. The largest absolute Gasteiger partial charge is 0.466 e. The quantitative estimate of drug-likeness (QED) is 0.349. The number of fused-ring (bicyclic) bond motifs is 3. The molecule has 6 nitrogen and oxygen atoms in total. The Kier molecular flexibility index (Phi) is 5.73. The maximum Gasteiger partial charge on any atom is 0.421 e. The van der Waals surface area contributed by atoms with Crippen LogP contribution in [0.25, 0.3) is 10.9 Å². The second kappa shape index (κ2) is 8.36. The third kappa shape index (κ3) is 4.23. The Morgan fingerprint density at radius 2 is 1.81 bits per heavy atom. The van der Waals surface area contributed by atoms with Gasteiger partial charge < -0.3 is 14.2 Å². The van der Waals surface area contributed by atoms with E-state index in [0.29, 0.717) is 28.6 Å². The lowest BCUT2D eigenvalue weighted by atomic mass is 9.86. The van der Waals surface area contributed by atoms with Crippen LogP contribution in [0.15, 0.2) is 60.4 Å². The first kappa shape index (κ1) is 22.0. The van der Waals surface area contributed by atoms with Gasteiger partial charge in [0.25, 0.3) is 0 Å². The molecule has 2 heterocycles. The van der Waals surface area contributed by atoms with Gasteiger partial charge in [-0.3, -0.25) is 0 Å². The predicted octanol–water partition coefficient (Wildman–Crippen LogP) is 6.05. The summed E-state index contributed by atoms with van der Waals surface area (Å²) < 4.78 is 18.0. The van der Waals surface area contributed by atoms with Gasteiger partial charge in [0.2, 0.25) is 5.88 Å². The van der Waals surface area contributed by atoms with Crippen LogP contribution in [0.5, 0.6) is 5.88 Å². The first-order chi connectivity index (χ1) is 15.2. The van der Waals surface area contributed by atoms with Crippen molar-refractivity contribution in [3.63, 3.8) is 0 Å². The van der Waals surface area contributed by atoms with Crippen LogP contribution in [0.2, 0.25) is 5.02 Å². The number of ether oxygens (including phenoxy) is 3. The molecule has 0 amide bonds. The van der Waals surface area contributed by atoms with Gasteiger partial charge in [-0.15, -0.1) is 0 Å². The van der Waals surface area contributed by atoms with E-state index >= 15 is 0 Å². The van der Waals surface area contributed by atoms with Gasteiger partial charge in [-0.05, 0) is 44.5 Å². The minimum atomic E-state index is -0.690. The second-order valence-electron chi connectivity index (χ2n) is 8.60. The summed E-state index contributed by atoms with van der Waals surface area (Å²) in [5.74, 6) is 0.0393. The number of esters is 1. The normalized spacial score (nSPS) is 17.0. The fourth-order valence-electron chi connectivity index (χ4n) is 3.90. The van der Waals surface area contributed by atoms with E-state index in [2.05, 4.69) is 0 Å². The lowest BCUT2D eigenvalue weighted by Gasteiger charge is -2.27. The Labute approximate surface area is 191 Å². The number of hydrogen-bond donors (Lipinski definition) is 0. The van der Waals surface area contributed by atoms with Crippen LogP contribution in [0.1, 0.15) is 44.2 Å². The Balaban J connectivity index is 1.96. The number of allylic oxidation sites excluding steroid dienone is 1. The molecule has 166 valence electrons. The lowest BCUT2D eigenvalue weighted by molar-refractivity contribution is -0.135. The van der Waals surface area contributed by atoms with E-state index in [1.54, 1.807) is 0 Å². The number of halogens is 1. The van der Waals surface area contributed by atoms with E-state index in [9.17, 15) is 9.59 Å². The van der Waals surface area contributed by atoms with Crippen molar-refractivity contribution >= 4 is 34.6 Å². The van der Waals surface area contributed by atoms with E-state index in [0.717, 1.165) is 16.5 Å². The highest BCUT2D eigenvalue weighted by Gasteiger charge is 2.35. The average molecular weight is 454 g/mol. The van der Waals surface area contributed by atoms with Crippen molar-refractivity contribution < 1.29 is 23.8 Å². The molecule has 0 N–H and O–H groups in total. The topological polar surface area (TPSA) is 66.8 Å². The summed E-state index contributed by atoms with van der Waals surface area (Å²) in [6, 6.07) is 15.1.